The Kier molecular flexibility index (Phi) is 10.3. The van der Waals surface area contributed by atoms with E-state index in [0.29, 0.717) is 6.04 Å². The molecule has 0 bridgehead atoms. The molecule has 0 aromatic rings. The van der Waals surface area contributed by atoms with E-state index in [9.17, 15) is 0 Å². The van der Waals surface area contributed by atoms with Gasteiger partial charge in [0.25, 0.3) is 0 Å². The summed E-state index contributed by atoms with van der Waals surface area (Å²) in [5.41, 5.74) is 0. The molecule has 5 heteroatoms. The Hall–Kier alpha value is -0.810. The van der Waals surface area contributed by atoms with Gasteiger partial charge in [0.1, 0.15) is 0 Å². The third kappa shape index (κ3) is 8.41. The maximum absolute atomic E-state index is 5.18. The molecule has 1 saturated heterocycles. The lowest BCUT2D eigenvalue weighted by Gasteiger charge is -2.32. The number of nitrogens with zero attached hydrogens (tertiary/aromatic N) is 2. The van der Waals surface area contributed by atoms with Gasteiger partial charge in [0, 0.05) is 45.9 Å². The number of hydrogen-bond acceptors (Lipinski definition) is 3. The summed E-state index contributed by atoms with van der Waals surface area (Å²) in [6, 6.07) is 0.551. The van der Waals surface area contributed by atoms with Crippen LogP contribution < -0.4 is 10.6 Å². The van der Waals surface area contributed by atoms with E-state index in [2.05, 4.69) is 22.5 Å². The normalized spacial score (nSPS) is 21.0. The number of ether oxygens (including phenoxy) is 1. The molecular formula is C20H40N4O. The second-order valence-corrected chi connectivity index (χ2v) is 7.66. The predicted molar refractivity (Wildman–Crippen MR) is 106 cm³/mol. The number of guanidine groups is 1. The first kappa shape index (κ1) is 20.5. The zero-order chi connectivity index (χ0) is 17.7. The predicted octanol–water partition coefficient (Wildman–Crippen LogP) is 3.01. The molecule has 1 aliphatic carbocycles. The zero-order valence-corrected chi connectivity index (χ0v) is 16.6. The molecule has 2 N–H and O–H groups in total. The number of unbranched alkanes of at least 4 members (excludes halogenated alkanes) is 1. The Bertz CT molecular complexity index is 361. The molecule has 0 unspecified atom stereocenters. The molecule has 2 rings (SSSR count). The summed E-state index contributed by atoms with van der Waals surface area (Å²) in [5, 5.41) is 7.06. The maximum Gasteiger partial charge on any atom is 0.191 e. The Labute approximate surface area is 155 Å². The van der Waals surface area contributed by atoms with E-state index in [-0.39, 0.29) is 0 Å². The lowest BCUT2D eigenvalue weighted by atomic mass is 10.0. The van der Waals surface area contributed by atoms with E-state index in [0.717, 1.165) is 51.2 Å². The first-order valence-electron chi connectivity index (χ1n) is 10.6. The fourth-order valence-electron chi connectivity index (χ4n) is 4.07. The first-order valence-corrected chi connectivity index (χ1v) is 10.6. The molecule has 2 aliphatic rings. The Morgan fingerprint density at radius 2 is 1.88 bits per heavy atom. The van der Waals surface area contributed by atoms with Crippen molar-refractivity contribution in [2.24, 2.45) is 10.9 Å². The molecule has 146 valence electrons. The van der Waals surface area contributed by atoms with E-state index >= 15 is 0 Å². The Morgan fingerprint density at radius 3 is 2.56 bits per heavy atom. The minimum absolute atomic E-state index is 0.551. The highest BCUT2D eigenvalue weighted by atomic mass is 16.5. The molecule has 0 atom stereocenters. The van der Waals surface area contributed by atoms with Crippen molar-refractivity contribution in [2.75, 3.05) is 46.4 Å². The van der Waals surface area contributed by atoms with Crippen molar-refractivity contribution in [3.05, 3.63) is 0 Å². The molecule has 0 spiro atoms. The van der Waals surface area contributed by atoms with Crippen LogP contribution in [0.5, 0.6) is 0 Å². The first-order chi connectivity index (χ1) is 12.3. The highest BCUT2D eigenvalue weighted by molar-refractivity contribution is 5.80. The molecule has 1 saturated carbocycles. The number of piperidine rings is 1. The average molecular weight is 353 g/mol. The van der Waals surface area contributed by atoms with Gasteiger partial charge < -0.3 is 20.3 Å². The third-order valence-corrected chi connectivity index (χ3v) is 5.65. The van der Waals surface area contributed by atoms with Crippen molar-refractivity contribution in [3.63, 3.8) is 0 Å². The second kappa shape index (κ2) is 12.5. The number of methoxy groups -OCH3 is 1. The average Bonchev–Trinajstić information content (AvgIpc) is 3.14. The summed E-state index contributed by atoms with van der Waals surface area (Å²) in [5.74, 6) is 2.03. The van der Waals surface area contributed by atoms with Gasteiger partial charge in [-0.1, -0.05) is 38.5 Å². The summed E-state index contributed by atoms with van der Waals surface area (Å²) < 4.78 is 5.18. The van der Waals surface area contributed by atoms with E-state index in [4.69, 9.17) is 9.73 Å². The van der Waals surface area contributed by atoms with Crippen molar-refractivity contribution < 1.29 is 4.74 Å². The van der Waals surface area contributed by atoms with Gasteiger partial charge >= 0.3 is 0 Å². The highest BCUT2D eigenvalue weighted by Gasteiger charge is 2.19. The van der Waals surface area contributed by atoms with Crippen LogP contribution in [0.1, 0.15) is 64.7 Å². The SMILES string of the molecule is CCNC(=NCCCCC1CCCC1)NC1CCN(CCOC)CC1. The lowest BCUT2D eigenvalue weighted by Crippen LogP contribution is -2.49. The van der Waals surface area contributed by atoms with Crippen LogP contribution in [-0.4, -0.2) is 63.3 Å². The smallest absolute Gasteiger partial charge is 0.191 e. The van der Waals surface area contributed by atoms with E-state index in [1.54, 1.807) is 7.11 Å². The van der Waals surface area contributed by atoms with Gasteiger partial charge in [0.05, 0.1) is 6.61 Å². The molecule has 5 nitrogen and oxygen atoms in total. The molecule has 0 aromatic carbocycles. The quantitative estimate of drug-likeness (QED) is 0.360. The van der Waals surface area contributed by atoms with Gasteiger partial charge in [0.15, 0.2) is 5.96 Å². The molecule has 0 amide bonds. The molecule has 1 aliphatic heterocycles. The van der Waals surface area contributed by atoms with Crippen molar-refractivity contribution >= 4 is 5.96 Å². The minimum Gasteiger partial charge on any atom is -0.383 e. The van der Waals surface area contributed by atoms with Crippen molar-refractivity contribution in [3.8, 4) is 0 Å². The third-order valence-electron chi connectivity index (χ3n) is 5.65. The maximum atomic E-state index is 5.18. The van der Waals surface area contributed by atoms with Gasteiger partial charge in [-0.05, 0) is 32.1 Å². The number of likely N-dealkylation sites (tertiary alicyclic amines) is 1. The van der Waals surface area contributed by atoms with Crippen LogP contribution in [0.25, 0.3) is 0 Å². The van der Waals surface area contributed by atoms with Crippen molar-refractivity contribution in [2.45, 2.75) is 70.8 Å². The number of hydrogen-bond donors (Lipinski definition) is 2. The van der Waals surface area contributed by atoms with Gasteiger partial charge in [-0.2, -0.15) is 0 Å². The van der Waals surface area contributed by atoms with Crippen molar-refractivity contribution in [1.29, 1.82) is 0 Å². The summed E-state index contributed by atoms with van der Waals surface area (Å²) in [6.45, 7) is 8.23. The van der Waals surface area contributed by atoms with Crippen LogP contribution >= 0.6 is 0 Å². The van der Waals surface area contributed by atoms with Gasteiger partial charge in [-0.25, -0.2) is 0 Å². The summed E-state index contributed by atoms with van der Waals surface area (Å²) in [6.07, 6.45) is 12.2. The summed E-state index contributed by atoms with van der Waals surface area (Å²) >= 11 is 0. The molecule has 0 radical (unpaired) electrons. The molecule has 1 heterocycles. The lowest BCUT2D eigenvalue weighted by molar-refractivity contribution is 0.128. The Balaban J connectivity index is 1.61. The van der Waals surface area contributed by atoms with Crippen LogP contribution in [0, 0.1) is 5.92 Å². The Morgan fingerprint density at radius 1 is 1.12 bits per heavy atom. The van der Waals surface area contributed by atoms with Crippen LogP contribution in [0.3, 0.4) is 0 Å². The fourth-order valence-corrected chi connectivity index (χ4v) is 4.07. The minimum atomic E-state index is 0.551. The summed E-state index contributed by atoms with van der Waals surface area (Å²) in [7, 11) is 1.78. The number of rotatable bonds is 10. The van der Waals surface area contributed by atoms with Crippen LogP contribution in [-0.2, 0) is 4.74 Å². The van der Waals surface area contributed by atoms with E-state index in [1.165, 1.54) is 57.8 Å². The largest absolute Gasteiger partial charge is 0.383 e. The number of nitrogens with one attached hydrogen (secondary N) is 2. The molecule has 25 heavy (non-hydrogen) atoms. The van der Waals surface area contributed by atoms with Gasteiger partial charge in [0.2, 0.25) is 0 Å². The van der Waals surface area contributed by atoms with Crippen LogP contribution in [0.4, 0.5) is 0 Å². The van der Waals surface area contributed by atoms with Crippen LogP contribution in [0.2, 0.25) is 0 Å². The zero-order valence-electron chi connectivity index (χ0n) is 16.6. The van der Waals surface area contributed by atoms with Gasteiger partial charge in [-0.3, -0.25) is 4.99 Å². The standard InChI is InChI=1S/C20H40N4O/c1-3-21-20(22-13-7-6-10-18-8-4-5-9-18)23-19-11-14-24(15-12-19)16-17-25-2/h18-19H,3-17H2,1-2H3,(H2,21,22,23). The molecule has 0 aromatic heterocycles. The fraction of sp³-hybridized carbons (Fsp3) is 0.950. The highest BCUT2D eigenvalue weighted by Crippen LogP contribution is 2.28. The van der Waals surface area contributed by atoms with Crippen molar-refractivity contribution in [1.82, 2.24) is 15.5 Å². The van der Waals surface area contributed by atoms with Gasteiger partial charge in [-0.15, -0.1) is 0 Å². The molecule has 2 fully saturated rings. The second-order valence-electron chi connectivity index (χ2n) is 7.66. The summed E-state index contributed by atoms with van der Waals surface area (Å²) in [4.78, 5) is 7.30. The van der Waals surface area contributed by atoms with E-state index < -0.39 is 0 Å². The van der Waals surface area contributed by atoms with E-state index in [1.807, 2.05) is 0 Å². The topological polar surface area (TPSA) is 48.9 Å². The monoisotopic (exact) mass is 352 g/mol. The van der Waals surface area contributed by atoms with Crippen LogP contribution in [0.15, 0.2) is 4.99 Å². The molecular weight excluding hydrogens is 312 g/mol. The number of aliphatic imine (C=N–C) groups is 1.